The number of hydrogen-bond donors (Lipinski definition) is 1. The molecule has 0 radical (unpaired) electrons. The highest BCUT2D eigenvalue weighted by Crippen LogP contribution is 2.43. The lowest BCUT2D eigenvalue weighted by atomic mass is 10.0. The number of amides is 1. The molecule has 4 rings (SSSR count). The van der Waals surface area contributed by atoms with Crippen LogP contribution in [0.5, 0.6) is 5.75 Å². The van der Waals surface area contributed by atoms with Gasteiger partial charge in [0.25, 0.3) is 5.91 Å². The average Bonchev–Trinajstić information content (AvgIpc) is 3.01. The summed E-state index contributed by atoms with van der Waals surface area (Å²) in [6.45, 7) is 4.64. The summed E-state index contributed by atoms with van der Waals surface area (Å²) in [5.41, 5.74) is 5.58. The van der Waals surface area contributed by atoms with Crippen LogP contribution in [0.15, 0.2) is 47.4 Å². The number of nitrogens with zero attached hydrogens (tertiary/aromatic N) is 2. The summed E-state index contributed by atoms with van der Waals surface area (Å²) in [7, 11) is 1.90. The zero-order valence-corrected chi connectivity index (χ0v) is 16.4. The molecule has 0 bridgehead atoms. The number of carbonyl (C=O) groups is 1. The maximum Gasteiger partial charge on any atom is 0.276 e. The average molecular weight is 379 g/mol. The van der Waals surface area contributed by atoms with Crippen molar-refractivity contribution in [3.8, 4) is 17.0 Å². The van der Waals surface area contributed by atoms with Gasteiger partial charge in [0.05, 0.1) is 12.3 Å². The molecular weight excluding hydrogens is 358 g/mol. The molecule has 0 saturated carbocycles. The van der Waals surface area contributed by atoms with Crippen LogP contribution in [-0.4, -0.2) is 22.3 Å². The van der Waals surface area contributed by atoms with E-state index in [1.165, 1.54) is 10.5 Å². The van der Waals surface area contributed by atoms with Crippen molar-refractivity contribution in [2.75, 3.05) is 11.9 Å². The Balaban J connectivity index is 1.64. The molecule has 5 nitrogen and oxygen atoms in total. The Morgan fingerprint density at radius 1 is 1.26 bits per heavy atom. The zero-order chi connectivity index (χ0) is 19.0. The molecule has 6 heteroatoms. The van der Waals surface area contributed by atoms with Crippen LogP contribution in [0.3, 0.4) is 0 Å². The van der Waals surface area contributed by atoms with E-state index in [0.717, 1.165) is 34.0 Å². The van der Waals surface area contributed by atoms with E-state index in [4.69, 9.17) is 4.74 Å². The minimum absolute atomic E-state index is 0.187. The maximum atomic E-state index is 12.9. The molecule has 0 saturated heterocycles. The monoisotopic (exact) mass is 379 g/mol. The molecule has 0 fully saturated rings. The van der Waals surface area contributed by atoms with Crippen LogP contribution < -0.4 is 10.1 Å². The fraction of sp³-hybridized carbons (Fsp3) is 0.238. The molecule has 1 aliphatic rings. The molecule has 0 atom stereocenters. The number of aromatic nitrogens is 2. The molecule has 27 heavy (non-hydrogen) atoms. The lowest BCUT2D eigenvalue weighted by Gasteiger charge is -2.17. The van der Waals surface area contributed by atoms with Gasteiger partial charge in [-0.25, -0.2) is 0 Å². The number of ether oxygens (including phenoxy) is 1. The molecule has 0 aliphatic carbocycles. The van der Waals surface area contributed by atoms with Gasteiger partial charge in [-0.2, -0.15) is 5.10 Å². The number of carbonyl (C=O) groups excluding carboxylic acids is 1. The summed E-state index contributed by atoms with van der Waals surface area (Å²) in [5, 5.41) is 7.48. The first kappa shape index (κ1) is 17.7. The summed E-state index contributed by atoms with van der Waals surface area (Å²) >= 11 is 1.75. The Kier molecular flexibility index (Phi) is 4.66. The summed E-state index contributed by atoms with van der Waals surface area (Å²) < 4.78 is 7.26. The van der Waals surface area contributed by atoms with Gasteiger partial charge in [-0.1, -0.05) is 11.6 Å². The lowest BCUT2D eigenvalue weighted by molar-refractivity contribution is 0.102. The quantitative estimate of drug-likeness (QED) is 0.717. The van der Waals surface area contributed by atoms with E-state index >= 15 is 0 Å². The standard InChI is InChI=1S/C21H21N3O2S/c1-4-26-15-8-6-14(7-9-15)22-21(25)19-17-12-27-18-10-5-13(2)11-16(18)20(17)24(3)23-19/h5-11H,4,12H2,1-3H3,(H,22,25). The summed E-state index contributed by atoms with van der Waals surface area (Å²) in [6.07, 6.45) is 0. The fourth-order valence-electron chi connectivity index (χ4n) is 3.32. The number of nitrogens with one attached hydrogen (secondary N) is 1. The number of aryl methyl sites for hydroxylation is 2. The summed E-state index contributed by atoms with van der Waals surface area (Å²) in [5.74, 6) is 1.34. The third-order valence-electron chi connectivity index (χ3n) is 4.55. The Morgan fingerprint density at radius 3 is 2.78 bits per heavy atom. The largest absolute Gasteiger partial charge is 0.494 e. The van der Waals surface area contributed by atoms with Gasteiger partial charge in [0, 0.05) is 34.5 Å². The second-order valence-corrected chi connectivity index (χ2v) is 7.52. The van der Waals surface area contributed by atoms with E-state index in [0.29, 0.717) is 12.3 Å². The molecule has 1 N–H and O–H groups in total. The van der Waals surface area contributed by atoms with E-state index < -0.39 is 0 Å². The molecule has 2 aromatic carbocycles. The van der Waals surface area contributed by atoms with Gasteiger partial charge in [-0.3, -0.25) is 9.48 Å². The molecule has 1 aliphatic heterocycles. The normalized spacial score (nSPS) is 12.3. The predicted octanol–water partition coefficient (Wildman–Crippen LogP) is 4.65. The molecule has 1 aromatic heterocycles. The van der Waals surface area contributed by atoms with Crippen LogP contribution in [0.4, 0.5) is 5.69 Å². The van der Waals surface area contributed by atoms with E-state index in [1.807, 2.05) is 42.9 Å². The van der Waals surface area contributed by atoms with E-state index in [2.05, 4.69) is 35.5 Å². The van der Waals surface area contributed by atoms with Crippen molar-refractivity contribution in [2.24, 2.45) is 7.05 Å². The van der Waals surface area contributed by atoms with Gasteiger partial charge >= 0.3 is 0 Å². The topological polar surface area (TPSA) is 56.1 Å². The van der Waals surface area contributed by atoms with E-state index in [-0.39, 0.29) is 5.91 Å². The summed E-state index contributed by atoms with van der Waals surface area (Å²) in [6, 6.07) is 13.8. The van der Waals surface area contributed by atoms with Gasteiger partial charge in [0.15, 0.2) is 5.69 Å². The van der Waals surface area contributed by atoms with Crippen LogP contribution in [0.1, 0.15) is 28.5 Å². The van der Waals surface area contributed by atoms with E-state index in [1.54, 1.807) is 11.8 Å². The molecule has 1 amide bonds. The predicted molar refractivity (Wildman–Crippen MR) is 109 cm³/mol. The van der Waals surface area contributed by atoms with Crippen molar-refractivity contribution in [1.82, 2.24) is 9.78 Å². The van der Waals surface area contributed by atoms with Crippen LogP contribution >= 0.6 is 11.8 Å². The first-order valence-corrected chi connectivity index (χ1v) is 9.89. The third kappa shape index (κ3) is 3.32. The first-order valence-electron chi connectivity index (χ1n) is 8.90. The van der Waals surface area contributed by atoms with Crippen LogP contribution in [-0.2, 0) is 12.8 Å². The van der Waals surface area contributed by atoms with Crippen molar-refractivity contribution in [2.45, 2.75) is 24.5 Å². The van der Waals surface area contributed by atoms with Crippen molar-refractivity contribution >= 4 is 23.4 Å². The Bertz CT molecular complexity index is 1010. The number of hydrogen-bond acceptors (Lipinski definition) is 4. The fourth-order valence-corrected chi connectivity index (χ4v) is 4.37. The highest BCUT2D eigenvalue weighted by molar-refractivity contribution is 7.98. The first-order chi connectivity index (χ1) is 13.1. The van der Waals surface area contributed by atoms with Crippen LogP contribution in [0, 0.1) is 6.92 Å². The molecule has 3 aromatic rings. The molecule has 138 valence electrons. The Hall–Kier alpha value is -2.73. The Morgan fingerprint density at radius 2 is 2.04 bits per heavy atom. The lowest BCUT2D eigenvalue weighted by Crippen LogP contribution is -2.15. The molecule has 0 spiro atoms. The van der Waals surface area contributed by atoms with Crippen molar-refractivity contribution in [1.29, 1.82) is 0 Å². The van der Waals surface area contributed by atoms with Gasteiger partial charge < -0.3 is 10.1 Å². The molecule has 2 heterocycles. The van der Waals surface area contributed by atoms with Gasteiger partial charge in [0.2, 0.25) is 0 Å². The number of fused-ring (bicyclic) bond motifs is 3. The van der Waals surface area contributed by atoms with Crippen molar-refractivity contribution in [3.05, 3.63) is 59.3 Å². The molecular formula is C21H21N3O2S. The summed E-state index contributed by atoms with van der Waals surface area (Å²) in [4.78, 5) is 14.1. The van der Waals surface area contributed by atoms with Crippen molar-refractivity contribution in [3.63, 3.8) is 0 Å². The Labute approximate surface area is 162 Å². The van der Waals surface area contributed by atoms with E-state index in [9.17, 15) is 4.79 Å². The highest BCUT2D eigenvalue weighted by atomic mass is 32.2. The maximum absolute atomic E-state index is 12.9. The van der Waals surface area contributed by atoms with Gasteiger partial charge in [-0.15, -0.1) is 11.8 Å². The SMILES string of the molecule is CCOc1ccc(NC(=O)c2nn(C)c3c2CSc2ccc(C)cc2-3)cc1. The minimum atomic E-state index is -0.187. The smallest absolute Gasteiger partial charge is 0.276 e. The number of benzene rings is 2. The second kappa shape index (κ2) is 7.12. The highest BCUT2D eigenvalue weighted by Gasteiger charge is 2.27. The third-order valence-corrected chi connectivity index (χ3v) is 5.65. The van der Waals surface area contributed by atoms with Crippen LogP contribution in [0.25, 0.3) is 11.3 Å². The number of anilines is 1. The van der Waals surface area contributed by atoms with Crippen LogP contribution in [0.2, 0.25) is 0 Å². The van der Waals surface area contributed by atoms with Crippen molar-refractivity contribution < 1.29 is 9.53 Å². The number of thioether (sulfide) groups is 1. The molecule has 0 unspecified atom stereocenters. The minimum Gasteiger partial charge on any atom is -0.494 e. The van der Waals surface area contributed by atoms with Gasteiger partial charge in [-0.05, 0) is 50.2 Å². The van der Waals surface area contributed by atoms with Gasteiger partial charge in [0.1, 0.15) is 5.75 Å². The number of rotatable bonds is 4. The second-order valence-electron chi connectivity index (χ2n) is 6.50. The zero-order valence-electron chi connectivity index (χ0n) is 15.6.